The first-order valence-corrected chi connectivity index (χ1v) is 6.02. The molecule has 1 saturated heterocycles. The van der Waals surface area contributed by atoms with E-state index in [2.05, 4.69) is 0 Å². The minimum atomic E-state index is -1.05. The predicted octanol–water partition coefficient (Wildman–Crippen LogP) is 0.691. The zero-order valence-corrected chi connectivity index (χ0v) is 8.92. The first-order chi connectivity index (χ1) is 6.15. The van der Waals surface area contributed by atoms with Gasteiger partial charge in [0.05, 0.1) is 13.1 Å². The number of amides is 1. The van der Waals surface area contributed by atoms with E-state index in [0.717, 1.165) is 0 Å². The van der Waals surface area contributed by atoms with Crippen molar-refractivity contribution in [1.82, 2.24) is 4.90 Å². The summed E-state index contributed by atoms with van der Waals surface area (Å²) in [4.78, 5) is 13.3. The van der Waals surface area contributed by atoms with Crippen molar-refractivity contribution in [2.24, 2.45) is 0 Å². The molecule has 0 bridgehead atoms. The molecule has 0 aromatic heterocycles. The van der Waals surface area contributed by atoms with Gasteiger partial charge >= 0.3 is 7.80 Å². The maximum atomic E-state index is 11.5. The largest absolute Gasteiger partial charge is 0.372 e. The van der Waals surface area contributed by atoms with Crippen molar-refractivity contribution in [3.05, 3.63) is 0 Å². The van der Waals surface area contributed by atoms with Gasteiger partial charge in [0, 0.05) is 7.11 Å². The zero-order valence-electron chi connectivity index (χ0n) is 8.02. The zero-order chi connectivity index (χ0) is 9.84. The van der Waals surface area contributed by atoms with Crippen molar-refractivity contribution < 1.29 is 14.1 Å². The Morgan fingerprint density at radius 1 is 1.46 bits per heavy atom. The minimum Gasteiger partial charge on any atom is -0.372 e. The topological polar surface area (TPSA) is 46.6 Å². The van der Waals surface area contributed by atoms with Crippen molar-refractivity contribution in [3.8, 4) is 0 Å². The van der Waals surface area contributed by atoms with Crippen LogP contribution in [0.3, 0.4) is 0 Å². The van der Waals surface area contributed by atoms with Crippen LogP contribution in [0.15, 0.2) is 0 Å². The van der Waals surface area contributed by atoms with Crippen molar-refractivity contribution in [2.45, 2.75) is 13.0 Å². The predicted molar refractivity (Wildman–Crippen MR) is 50.4 cm³/mol. The Labute approximate surface area is 79.0 Å². The molecular weight excluding hydrogens is 189 g/mol. The molecule has 0 unspecified atom stereocenters. The highest BCUT2D eigenvalue weighted by Crippen LogP contribution is 2.24. The Bertz CT molecular complexity index is 209. The van der Waals surface area contributed by atoms with Gasteiger partial charge in [-0.25, -0.2) is 0 Å². The highest BCUT2D eigenvalue weighted by atomic mass is 31.1. The van der Waals surface area contributed by atoms with Crippen LogP contribution in [0.5, 0.6) is 0 Å². The molecule has 13 heavy (non-hydrogen) atoms. The number of nitrogens with zero attached hydrogens (tertiary/aromatic N) is 1. The Morgan fingerprint density at radius 2 is 2.00 bits per heavy atom. The van der Waals surface area contributed by atoms with Crippen LogP contribution in [-0.4, -0.2) is 49.4 Å². The van der Waals surface area contributed by atoms with E-state index in [0.29, 0.717) is 25.4 Å². The molecule has 0 N–H and O–H groups in total. The summed E-state index contributed by atoms with van der Waals surface area (Å²) in [6.45, 7) is 2.96. The summed E-state index contributed by atoms with van der Waals surface area (Å²) < 4.78 is 16.0. The Morgan fingerprint density at radius 3 is 2.46 bits per heavy atom. The molecule has 1 atom stereocenters. The Hall–Kier alpha value is -0.470. The number of carbonyl (C=O) groups excluding carboxylic acids is 1. The van der Waals surface area contributed by atoms with Gasteiger partial charge in [-0.3, -0.25) is 4.79 Å². The van der Waals surface area contributed by atoms with E-state index < -0.39 is 7.80 Å². The fourth-order valence-electron chi connectivity index (χ4n) is 1.27. The highest BCUT2D eigenvalue weighted by Gasteiger charge is 2.30. The third kappa shape index (κ3) is 2.75. The monoisotopic (exact) mass is 204 g/mol. The van der Waals surface area contributed by atoms with Crippen LogP contribution in [-0.2, 0) is 14.1 Å². The van der Waals surface area contributed by atoms with Crippen LogP contribution in [0.1, 0.15) is 6.92 Å². The molecule has 1 heterocycles. The number of hydrogen-bond acceptors (Lipinski definition) is 3. The van der Waals surface area contributed by atoms with E-state index in [1.807, 2.05) is 0 Å². The SMILES string of the molecule is CO[C@@H](C)C(=O)N1CC[P+](=O)CC1. The van der Waals surface area contributed by atoms with Crippen LogP contribution < -0.4 is 0 Å². The fraction of sp³-hybridized carbons (Fsp3) is 0.875. The highest BCUT2D eigenvalue weighted by molar-refractivity contribution is 7.44. The lowest BCUT2D eigenvalue weighted by Crippen LogP contribution is -2.43. The van der Waals surface area contributed by atoms with Gasteiger partial charge in [-0.05, 0) is 6.92 Å². The van der Waals surface area contributed by atoms with Gasteiger partial charge in [-0.1, -0.05) is 4.57 Å². The molecule has 1 aliphatic rings. The van der Waals surface area contributed by atoms with Crippen molar-refractivity contribution in [1.29, 1.82) is 0 Å². The molecule has 0 aliphatic carbocycles. The number of rotatable bonds is 2. The summed E-state index contributed by atoms with van der Waals surface area (Å²) in [6.07, 6.45) is 0.894. The molecule has 0 aromatic rings. The molecule has 4 nitrogen and oxygen atoms in total. The van der Waals surface area contributed by atoms with E-state index in [1.165, 1.54) is 7.11 Å². The van der Waals surface area contributed by atoms with Crippen molar-refractivity contribution in [2.75, 3.05) is 32.5 Å². The van der Waals surface area contributed by atoms with Gasteiger partial charge in [-0.15, -0.1) is 0 Å². The quantitative estimate of drug-likeness (QED) is 0.622. The summed E-state index contributed by atoms with van der Waals surface area (Å²) in [5.74, 6) is 0.00519. The lowest BCUT2D eigenvalue weighted by Gasteiger charge is -2.24. The lowest BCUT2D eigenvalue weighted by atomic mass is 10.3. The van der Waals surface area contributed by atoms with Gasteiger partial charge in [0.25, 0.3) is 5.91 Å². The molecular formula is C8H15NO3P+. The summed E-state index contributed by atoms with van der Waals surface area (Å²) in [5, 5.41) is 0. The second-order valence-electron chi connectivity index (χ2n) is 3.13. The van der Waals surface area contributed by atoms with E-state index >= 15 is 0 Å². The molecule has 1 fully saturated rings. The van der Waals surface area contributed by atoms with Crippen molar-refractivity contribution >= 4 is 13.7 Å². The molecule has 0 spiro atoms. The standard InChI is InChI=1S/C8H15NO3P/c1-7(12-2)8(10)9-3-5-13(11)6-4-9/h7H,3-6H2,1-2H3/q+1/t7-/m0/s1. The molecule has 0 aromatic carbocycles. The smallest absolute Gasteiger partial charge is 0.342 e. The average Bonchev–Trinajstić information content (AvgIpc) is 2.17. The van der Waals surface area contributed by atoms with Gasteiger partial charge in [-0.2, -0.15) is 0 Å². The summed E-state index contributed by atoms with van der Waals surface area (Å²) >= 11 is 0. The molecule has 1 aliphatic heterocycles. The maximum absolute atomic E-state index is 11.5. The molecule has 1 rings (SSSR count). The Kier molecular flexibility index (Phi) is 3.82. The van der Waals surface area contributed by atoms with Gasteiger partial charge in [0.15, 0.2) is 12.3 Å². The number of carbonyl (C=O) groups is 1. The van der Waals surface area contributed by atoms with E-state index in [-0.39, 0.29) is 12.0 Å². The second-order valence-corrected chi connectivity index (χ2v) is 4.99. The van der Waals surface area contributed by atoms with E-state index in [4.69, 9.17) is 4.74 Å². The fourth-order valence-corrected chi connectivity index (χ4v) is 2.42. The van der Waals surface area contributed by atoms with E-state index in [1.54, 1.807) is 11.8 Å². The van der Waals surface area contributed by atoms with E-state index in [9.17, 15) is 9.36 Å². The normalized spacial score (nSPS) is 20.2. The third-order valence-corrected chi connectivity index (χ3v) is 3.65. The maximum Gasteiger partial charge on any atom is 0.342 e. The number of ether oxygens (including phenoxy) is 1. The molecule has 0 radical (unpaired) electrons. The first-order valence-electron chi connectivity index (χ1n) is 4.39. The van der Waals surface area contributed by atoms with Gasteiger partial charge in [0.2, 0.25) is 0 Å². The molecule has 5 heteroatoms. The first kappa shape index (κ1) is 10.6. The Balaban J connectivity index is 2.44. The number of hydrogen-bond donors (Lipinski definition) is 0. The van der Waals surface area contributed by atoms with Crippen LogP contribution in [0.4, 0.5) is 0 Å². The summed E-state index contributed by atoms with van der Waals surface area (Å²) in [7, 11) is 0.470. The lowest BCUT2D eigenvalue weighted by molar-refractivity contribution is -0.140. The van der Waals surface area contributed by atoms with Crippen LogP contribution >= 0.6 is 7.80 Å². The second kappa shape index (κ2) is 4.68. The molecule has 1 amide bonds. The summed E-state index contributed by atoms with van der Waals surface area (Å²) in [5.41, 5.74) is 0. The van der Waals surface area contributed by atoms with Gasteiger partial charge < -0.3 is 9.64 Å². The molecule has 0 saturated carbocycles. The van der Waals surface area contributed by atoms with Crippen LogP contribution in [0, 0.1) is 0 Å². The van der Waals surface area contributed by atoms with Crippen molar-refractivity contribution in [3.63, 3.8) is 0 Å². The minimum absolute atomic E-state index is 0.00519. The molecule has 74 valence electrons. The average molecular weight is 204 g/mol. The van der Waals surface area contributed by atoms with Gasteiger partial charge in [0.1, 0.15) is 6.10 Å². The number of methoxy groups -OCH3 is 1. The van der Waals surface area contributed by atoms with Crippen LogP contribution in [0.2, 0.25) is 0 Å². The van der Waals surface area contributed by atoms with Crippen LogP contribution in [0.25, 0.3) is 0 Å². The third-order valence-electron chi connectivity index (χ3n) is 2.25. The summed E-state index contributed by atoms with van der Waals surface area (Å²) in [6, 6.07) is 0.